The fourth-order valence-electron chi connectivity index (χ4n) is 1.40. The van der Waals surface area contributed by atoms with E-state index < -0.39 is 17.2 Å². The van der Waals surface area contributed by atoms with Crippen LogP contribution >= 0.6 is 11.6 Å². The molecule has 0 aliphatic carbocycles. The summed E-state index contributed by atoms with van der Waals surface area (Å²) < 4.78 is 26.2. The van der Waals surface area contributed by atoms with Crippen molar-refractivity contribution in [1.82, 2.24) is 9.97 Å². The van der Waals surface area contributed by atoms with Gasteiger partial charge < -0.3 is 4.98 Å². The zero-order valence-electron chi connectivity index (χ0n) is 8.72. The van der Waals surface area contributed by atoms with Gasteiger partial charge in [0.1, 0.15) is 11.6 Å². The summed E-state index contributed by atoms with van der Waals surface area (Å²) in [6, 6.07) is 3.71. The third kappa shape index (κ3) is 2.34. The predicted molar refractivity (Wildman–Crippen MR) is 60.0 cm³/mol. The van der Waals surface area contributed by atoms with Crippen molar-refractivity contribution in [2.75, 3.05) is 0 Å². The standard InChI is InChI=1S/C11H7ClF2N2O/c1-5-9(14)11(17)16-10(15-5)6-2-7(12)4-8(13)3-6/h2-4H,1H3,(H,15,16,17). The molecule has 3 nitrogen and oxygen atoms in total. The third-order valence-electron chi connectivity index (χ3n) is 2.16. The largest absolute Gasteiger partial charge is 0.304 e. The second kappa shape index (κ2) is 4.25. The topological polar surface area (TPSA) is 45.8 Å². The highest BCUT2D eigenvalue weighted by Crippen LogP contribution is 2.21. The van der Waals surface area contributed by atoms with Gasteiger partial charge in [-0.2, -0.15) is 4.39 Å². The number of aryl methyl sites for hydroxylation is 1. The highest BCUT2D eigenvalue weighted by Gasteiger charge is 2.10. The van der Waals surface area contributed by atoms with Gasteiger partial charge in [-0.05, 0) is 25.1 Å². The summed E-state index contributed by atoms with van der Waals surface area (Å²) in [6.45, 7) is 1.36. The SMILES string of the molecule is Cc1nc(-c2cc(F)cc(Cl)c2)[nH]c(=O)c1F. The number of hydrogen-bond donors (Lipinski definition) is 1. The fourth-order valence-corrected chi connectivity index (χ4v) is 1.62. The molecule has 0 amide bonds. The summed E-state index contributed by atoms with van der Waals surface area (Å²) in [4.78, 5) is 17.3. The van der Waals surface area contributed by atoms with Gasteiger partial charge in [-0.25, -0.2) is 9.37 Å². The molecule has 6 heteroatoms. The van der Waals surface area contributed by atoms with Crippen LogP contribution in [0, 0.1) is 18.6 Å². The molecule has 0 aliphatic rings. The molecule has 1 aromatic heterocycles. The Kier molecular flexibility index (Phi) is 2.93. The van der Waals surface area contributed by atoms with Crippen LogP contribution in [-0.2, 0) is 0 Å². The molecule has 0 fully saturated rings. The molecule has 0 atom stereocenters. The first kappa shape index (κ1) is 11.7. The zero-order chi connectivity index (χ0) is 12.6. The molecule has 2 rings (SSSR count). The number of benzene rings is 1. The lowest BCUT2D eigenvalue weighted by Crippen LogP contribution is -2.15. The van der Waals surface area contributed by atoms with E-state index in [2.05, 4.69) is 9.97 Å². The molecule has 1 N–H and O–H groups in total. The van der Waals surface area contributed by atoms with Crippen molar-refractivity contribution in [3.05, 3.63) is 50.9 Å². The molecule has 17 heavy (non-hydrogen) atoms. The number of hydrogen-bond acceptors (Lipinski definition) is 2. The minimum absolute atomic E-state index is 0.0517. The van der Waals surface area contributed by atoms with E-state index in [0.717, 1.165) is 12.1 Å². The molecule has 0 saturated heterocycles. The quantitative estimate of drug-likeness (QED) is 0.853. The Morgan fingerprint density at radius 3 is 2.59 bits per heavy atom. The van der Waals surface area contributed by atoms with Gasteiger partial charge in [0.25, 0.3) is 5.56 Å². The molecule has 0 aliphatic heterocycles. The van der Waals surface area contributed by atoms with Gasteiger partial charge in [0.05, 0.1) is 5.69 Å². The molecule has 0 bridgehead atoms. The van der Waals surface area contributed by atoms with Crippen LogP contribution in [0.3, 0.4) is 0 Å². The summed E-state index contributed by atoms with van der Waals surface area (Å²) >= 11 is 5.68. The Balaban J connectivity index is 2.65. The van der Waals surface area contributed by atoms with Crippen LogP contribution < -0.4 is 5.56 Å². The van der Waals surface area contributed by atoms with E-state index in [0.29, 0.717) is 0 Å². The maximum atomic E-state index is 13.1. The van der Waals surface area contributed by atoms with E-state index >= 15 is 0 Å². The maximum absolute atomic E-state index is 13.1. The Labute approximate surface area is 100 Å². The predicted octanol–water partition coefficient (Wildman–Crippen LogP) is 2.68. The van der Waals surface area contributed by atoms with Gasteiger partial charge in [-0.3, -0.25) is 4.79 Å². The lowest BCUT2D eigenvalue weighted by molar-refractivity contribution is 0.589. The lowest BCUT2D eigenvalue weighted by atomic mass is 10.2. The molecular weight excluding hydrogens is 250 g/mol. The molecule has 0 saturated carbocycles. The second-order valence-corrected chi connectivity index (χ2v) is 3.91. The molecule has 88 valence electrons. The molecule has 1 aromatic carbocycles. The summed E-state index contributed by atoms with van der Waals surface area (Å²) in [6.07, 6.45) is 0. The van der Waals surface area contributed by atoms with Crippen LogP contribution in [0.5, 0.6) is 0 Å². The Morgan fingerprint density at radius 2 is 2.00 bits per heavy atom. The van der Waals surface area contributed by atoms with Crippen LogP contribution in [0.1, 0.15) is 5.69 Å². The minimum Gasteiger partial charge on any atom is -0.304 e. The van der Waals surface area contributed by atoms with Crippen molar-refractivity contribution in [1.29, 1.82) is 0 Å². The monoisotopic (exact) mass is 256 g/mol. The highest BCUT2D eigenvalue weighted by molar-refractivity contribution is 6.30. The fraction of sp³-hybridized carbons (Fsp3) is 0.0909. The zero-order valence-corrected chi connectivity index (χ0v) is 9.48. The number of nitrogens with one attached hydrogen (secondary N) is 1. The number of nitrogens with zero attached hydrogens (tertiary/aromatic N) is 1. The van der Waals surface area contributed by atoms with Crippen molar-refractivity contribution in [3.63, 3.8) is 0 Å². The van der Waals surface area contributed by atoms with Crippen LogP contribution in [0.4, 0.5) is 8.78 Å². The van der Waals surface area contributed by atoms with Crippen LogP contribution in [-0.4, -0.2) is 9.97 Å². The van der Waals surface area contributed by atoms with Crippen molar-refractivity contribution < 1.29 is 8.78 Å². The van der Waals surface area contributed by atoms with Crippen molar-refractivity contribution in [2.24, 2.45) is 0 Å². The normalized spacial score (nSPS) is 10.6. The van der Waals surface area contributed by atoms with E-state index in [1.807, 2.05) is 0 Å². The van der Waals surface area contributed by atoms with Crippen molar-refractivity contribution in [3.8, 4) is 11.4 Å². The van der Waals surface area contributed by atoms with Crippen LogP contribution in [0.2, 0.25) is 5.02 Å². The summed E-state index contributed by atoms with van der Waals surface area (Å²) in [5.41, 5.74) is -0.660. The first-order valence-corrected chi connectivity index (χ1v) is 5.08. The van der Waals surface area contributed by atoms with Crippen molar-refractivity contribution >= 4 is 11.6 Å². The van der Waals surface area contributed by atoms with Crippen molar-refractivity contribution in [2.45, 2.75) is 6.92 Å². The van der Waals surface area contributed by atoms with Gasteiger partial charge in [-0.1, -0.05) is 11.6 Å². The van der Waals surface area contributed by atoms with E-state index in [9.17, 15) is 13.6 Å². The Bertz CT molecular complexity index is 620. The van der Waals surface area contributed by atoms with Crippen LogP contribution in [0.15, 0.2) is 23.0 Å². The number of aromatic amines is 1. The first-order valence-electron chi connectivity index (χ1n) is 4.70. The summed E-state index contributed by atoms with van der Waals surface area (Å²) in [5.74, 6) is -1.43. The molecule has 1 heterocycles. The highest BCUT2D eigenvalue weighted by atomic mass is 35.5. The Hall–Kier alpha value is -1.75. The van der Waals surface area contributed by atoms with Crippen LogP contribution in [0.25, 0.3) is 11.4 Å². The average Bonchev–Trinajstić information content (AvgIpc) is 2.23. The molecular formula is C11H7ClF2N2O. The van der Waals surface area contributed by atoms with E-state index in [1.54, 1.807) is 0 Å². The average molecular weight is 257 g/mol. The second-order valence-electron chi connectivity index (χ2n) is 3.47. The molecule has 2 aromatic rings. The number of rotatable bonds is 1. The summed E-state index contributed by atoms with van der Waals surface area (Å²) in [5, 5.41) is 0.171. The molecule has 0 spiro atoms. The minimum atomic E-state index is -0.948. The van der Waals surface area contributed by atoms with Gasteiger partial charge >= 0.3 is 0 Å². The first-order chi connectivity index (χ1) is 7.97. The van der Waals surface area contributed by atoms with Gasteiger partial charge in [0.2, 0.25) is 5.82 Å². The molecule has 0 unspecified atom stereocenters. The maximum Gasteiger partial charge on any atom is 0.287 e. The van der Waals surface area contributed by atoms with Gasteiger partial charge in [0.15, 0.2) is 0 Å². The molecule has 0 radical (unpaired) electrons. The summed E-state index contributed by atoms with van der Waals surface area (Å²) in [7, 11) is 0. The lowest BCUT2D eigenvalue weighted by Gasteiger charge is -2.03. The van der Waals surface area contributed by atoms with Gasteiger partial charge in [0, 0.05) is 10.6 Å². The smallest absolute Gasteiger partial charge is 0.287 e. The van der Waals surface area contributed by atoms with E-state index in [-0.39, 0.29) is 22.1 Å². The third-order valence-corrected chi connectivity index (χ3v) is 2.38. The number of halogens is 3. The Morgan fingerprint density at radius 1 is 1.29 bits per heavy atom. The van der Waals surface area contributed by atoms with E-state index in [1.165, 1.54) is 13.0 Å². The van der Waals surface area contributed by atoms with Gasteiger partial charge in [-0.15, -0.1) is 0 Å². The number of aromatic nitrogens is 2. The number of H-pyrrole nitrogens is 1. The van der Waals surface area contributed by atoms with E-state index in [4.69, 9.17) is 11.6 Å².